The van der Waals surface area contributed by atoms with E-state index in [0.29, 0.717) is 12.0 Å². The van der Waals surface area contributed by atoms with E-state index in [2.05, 4.69) is 5.32 Å². The van der Waals surface area contributed by atoms with E-state index in [4.69, 9.17) is 0 Å². The average Bonchev–Trinajstić information content (AvgIpc) is 2.58. The van der Waals surface area contributed by atoms with Crippen molar-refractivity contribution in [3.63, 3.8) is 0 Å². The Bertz CT molecular complexity index is 766. The molecule has 0 radical (unpaired) electrons. The zero-order valence-electron chi connectivity index (χ0n) is 14.1. The normalized spacial score (nSPS) is 14.6. The number of hydrogen-bond donors (Lipinski definition) is 1. The van der Waals surface area contributed by atoms with Crippen LogP contribution in [0, 0.1) is 13.8 Å². The van der Waals surface area contributed by atoms with E-state index in [1.54, 1.807) is 0 Å². The topological polar surface area (TPSA) is 49.4 Å². The predicted molar refractivity (Wildman–Crippen MR) is 96.5 cm³/mol. The summed E-state index contributed by atoms with van der Waals surface area (Å²) < 4.78 is 0. The lowest BCUT2D eigenvalue weighted by Gasteiger charge is -2.26. The zero-order valence-corrected chi connectivity index (χ0v) is 14.1. The van der Waals surface area contributed by atoms with Crippen LogP contribution in [0.2, 0.25) is 0 Å². The van der Waals surface area contributed by atoms with Gasteiger partial charge in [0.15, 0.2) is 0 Å². The summed E-state index contributed by atoms with van der Waals surface area (Å²) in [5.41, 5.74) is 4.53. The molecule has 0 aliphatic carbocycles. The molecule has 2 amide bonds. The number of carbonyl (C=O) groups is 2. The van der Waals surface area contributed by atoms with Gasteiger partial charge in [-0.3, -0.25) is 9.59 Å². The summed E-state index contributed by atoms with van der Waals surface area (Å²) >= 11 is 0. The first-order chi connectivity index (χ1) is 11.5. The number of aryl methyl sites for hydroxylation is 2. The number of benzene rings is 2. The number of hydrogen-bond acceptors (Lipinski definition) is 2. The average molecular weight is 322 g/mol. The third-order valence-electron chi connectivity index (χ3n) is 4.53. The second kappa shape index (κ2) is 6.87. The van der Waals surface area contributed by atoms with Crippen LogP contribution in [0.15, 0.2) is 42.5 Å². The first kappa shape index (κ1) is 16.2. The molecule has 0 saturated carbocycles. The highest BCUT2D eigenvalue weighted by atomic mass is 16.2. The van der Waals surface area contributed by atoms with E-state index >= 15 is 0 Å². The maximum absolute atomic E-state index is 12.3. The van der Waals surface area contributed by atoms with Crippen molar-refractivity contribution in [2.75, 3.05) is 16.8 Å². The van der Waals surface area contributed by atoms with Crippen molar-refractivity contribution in [2.24, 2.45) is 0 Å². The summed E-state index contributed by atoms with van der Waals surface area (Å²) in [4.78, 5) is 26.1. The molecule has 0 bridgehead atoms. The Hall–Kier alpha value is -2.62. The van der Waals surface area contributed by atoms with Crippen molar-refractivity contribution in [1.29, 1.82) is 0 Å². The third kappa shape index (κ3) is 3.48. The van der Waals surface area contributed by atoms with Gasteiger partial charge < -0.3 is 10.2 Å². The van der Waals surface area contributed by atoms with Crippen LogP contribution in [-0.4, -0.2) is 18.4 Å². The first-order valence-electron chi connectivity index (χ1n) is 8.33. The monoisotopic (exact) mass is 322 g/mol. The molecule has 0 aromatic heterocycles. The van der Waals surface area contributed by atoms with Gasteiger partial charge in [-0.1, -0.05) is 6.07 Å². The van der Waals surface area contributed by atoms with Gasteiger partial charge in [0.2, 0.25) is 5.91 Å². The zero-order chi connectivity index (χ0) is 17.1. The molecule has 1 fully saturated rings. The molecular weight excluding hydrogens is 300 g/mol. The van der Waals surface area contributed by atoms with Crippen molar-refractivity contribution in [1.82, 2.24) is 0 Å². The highest BCUT2D eigenvalue weighted by molar-refractivity contribution is 6.04. The molecule has 0 unspecified atom stereocenters. The van der Waals surface area contributed by atoms with E-state index in [1.807, 2.05) is 61.2 Å². The lowest BCUT2D eigenvalue weighted by Crippen LogP contribution is -2.35. The summed E-state index contributed by atoms with van der Waals surface area (Å²) in [6.07, 6.45) is 2.63. The molecule has 2 aromatic rings. The minimum Gasteiger partial charge on any atom is -0.322 e. The summed E-state index contributed by atoms with van der Waals surface area (Å²) in [5, 5.41) is 2.90. The van der Waals surface area contributed by atoms with Crippen LogP contribution in [0.4, 0.5) is 11.4 Å². The van der Waals surface area contributed by atoms with Gasteiger partial charge in [0, 0.05) is 29.9 Å². The van der Waals surface area contributed by atoms with Crippen LogP contribution in [0.3, 0.4) is 0 Å². The Labute approximate surface area is 142 Å². The minimum atomic E-state index is -0.125. The largest absolute Gasteiger partial charge is 0.322 e. The molecule has 24 heavy (non-hydrogen) atoms. The summed E-state index contributed by atoms with van der Waals surface area (Å²) in [7, 11) is 0. The van der Waals surface area contributed by atoms with Crippen LogP contribution >= 0.6 is 0 Å². The fraction of sp³-hybridized carbons (Fsp3) is 0.300. The summed E-state index contributed by atoms with van der Waals surface area (Å²) in [6.45, 7) is 4.79. The molecule has 1 aliphatic heterocycles. The third-order valence-corrected chi connectivity index (χ3v) is 4.53. The lowest BCUT2D eigenvalue weighted by molar-refractivity contribution is -0.119. The second-order valence-corrected chi connectivity index (χ2v) is 6.30. The lowest BCUT2D eigenvalue weighted by atomic mass is 10.1. The Kier molecular flexibility index (Phi) is 4.65. The molecule has 3 rings (SSSR count). The summed E-state index contributed by atoms with van der Waals surface area (Å²) in [5.74, 6) is 0.0491. The van der Waals surface area contributed by atoms with Crippen molar-refractivity contribution < 1.29 is 9.59 Å². The van der Waals surface area contributed by atoms with Crippen molar-refractivity contribution in [3.05, 3.63) is 59.2 Å². The number of carbonyl (C=O) groups excluding carboxylic acids is 2. The van der Waals surface area contributed by atoms with Gasteiger partial charge in [0.05, 0.1) is 0 Å². The van der Waals surface area contributed by atoms with Crippen LogP contribution in [0.5, 0.6) is 0 Å². The van der Waals surface area contributed by atoms with Crippen LogP contribution < -0.4 is 10.2 Å². The Morgan fingerprint density at radius 2 is 1.75 bits per heavy atom. The van der Waals surface area contributed by atoms with Gasteiger partial charge in [-0.05, 0) is 74.2 Å². The fourth-order valence-electron chi connectivity index (χ4n) is 2.89. The van der Waals surface area contributed by atoms with E-state index in [9.17, 15) is 9.59 Å². The Balaban J connectivity index is 1.70. The molecule has 4 heteroatoms. The van der Waals surface area contributed by atoms with E-state index in [-0.39, 0.29) is 11.8 Å². The fourth-order valence-corrected chi connectivity index (χ4v) is 2.89. The molecular formula is C20H22N2O2. The molecule has 2 aromatic carbocycles. The van der Waals surface area contributed by atoms with Crippen LogP contribution in [-0.2, 0) is 4.79 Å². The van der Waals surface area contributed by atoms with Crippen LogP contribution in [0.25, 0.3) is 0 Å². The first-order valence-corrected chi connectivity index (χ1v) is 8.33. The molecule has 4 nitrogen and oxygen atoms in total. The van der Waals surface area contributed by atoms with Crippen LogP contribution in [0.1, 0.15) is 40.7 Å². The standard InChI is InChI=1S/C20H22N2O2/c1-14-6-7-16(13-15(14)2)20(24)21-17-8-10-18(11-9-17)22-12-4-3-5-19(22)23/h6-11,13H,3-5,12H2,1-2H3,(H,21,24). The number of anilines is 2. The quantitative estimate of drug-likeness (QED) is 0.926. The van der Waals surface area contributed by atoms with Gasteiger partial charge in [-0.25, -0.2) is 0 Å². The smallest absolute Gasteiger partial charge is 0.255 e. The highest BCUT2D eigenvalue weighted by Gasteiger charge is 2.19. The molecule has 1 heterocycles. The Morgan fingerprint density at radius 1 is 1.00 bits per heavy atom. The molecule has 0 spiro atoms. The van der Waals surface area contributed by atoms with Gasteiger partial charge >= 0.3 is 0 Å². The van der Waals surface area contributed by atoms with E-state index in [1.165, 1.54) is 5.56 Å². The SMILES string of the molecule is Cc1ccc(C(=O)Nc2ccc(N3CCCCC3=O)cc2)cc1C. The molecule has 1 aliphatic rings. The summed E-state index contributed by atoms with van der Waals surface area (Å²) in [6, 6.07) is 13.1. The van der Waals surface area contributed by atoms with Crippen molar-refractivity contribution in [3.8, 4) is 0 Å². The molecule has 1 N–H and O–H groups in total. The minimum absolute atomic E-state index is 0.125. The maximum atomic E-state index is 12.3. The number of nitrogens with zero attached hydrogens (tertiary/aromatic N) is 1. The number of piperidine rings is 1. The van der Waals surface area contributed by atoms with E-state index in [0.717, 1.165) is 36.3 Å². The van der Waals surface area contributed by atoms with Gasteiger partial charge in [-0.15, -0.1) is 0 Å². The maximum Gasteiger partial charge on any atom is 0.255 e. The number of nitrogens with one attached hydrogen (secondary N) is 1. The highest BCUT2D eigenvalue weighted by Crippen LogP contribution is 2.23. The van der Waals surface area contributed by atoms with Gasteiger partial charge in [0.25, 0.3) is 5.91 Å². The number of rotatable bonds is 3. The molecule has 124 valence electrons. The van der Waals surface area contributed by atoms with Gasteiger partial charge in [-0.2, -0.15) is 0 Å². The second-order valence-electron chi connectivity index (χ2n) is 6.30. The molecule has 1 saturated heterocycles. The van der Waals surface area contributed by atoms with Gasteiger partial charge in [0.1, 0.15) is 0 Å². The van der Waals surface area contributed by atoms with Crippen molar-refractivity contribution >= 4 is 23.2 Å². The predicted octanol–water partition coefficient (Wildman–Crippen LogP) is 4.07. The Morgan fingerprint density at radius 3 is 2.42 bits per heavy atom. The van der Waals surface area contributed by atoms with E-state index < -0.39 is 0 Å². The van der Waals surface area contributed by atoms with Crippen molar-refractivity contribution in [2.45, 2.75) is 33.1 Å². The number of amides is 2. The molecule has 0 atom stereocenters.